The zero-order valence-electron chi connectivity index (χ0n) is 16.0. The largest absolute Gasteiger partial charge is 0.481 e. The molecule has 2 fully saturated rings. The molecule has 1 N–H and O–H groups in total. The number of hydrogen-bond acceptors (Lipinski definition) is 6. The number of carbonyl (C=O) groups excluding carboxylic acids is 1. The van der Waals surface area contributed by atoms with Crippen LogP contribution in [-0.4, -0.2) is 66.7 Å². The molecule has 0 saturated carbocycles. The van der Waals surface area contributed by atoms with Gasteiger partial charge in [0, 0.05) is 50.4 Å². The van der Waals surface area contributed by atoms with E-state index in [0.29, 0.717) is 17.9 Å². The molecule has 144 valence electrons. The minimum absolute atomic E-state index is 0.0932. The second-order valence-electron chi connectivity index (χ2n) is 7.33. The highest BCUT2D eigenvalue weighted by molar-refractivity contribution is 5.78. The third-order valence-electron chi connectivity index (χ3n) is 5.61. The maximum absolute atomic E-state index is 12.5. The Bertz CT molecular complexity index is 589. The van der Waals surface area contributed by atoms with Crippen molar-refractivity contribution in [3.63, 3.8) is 0 Å². The van der Waals surface area contributed by atoms with E-state index < -0.39 is 0 Å². The number of carbonyl (C=O) groups is 1. The Labute approximate surface area is 156 Å². The van der Waals surface area contributed by atoms with Crippen LogP contribution in [0.1, 0.15) is 39.0 Å². The van der Waals surface area contributed by atoms with Crippen LogP contribution in [0.25, 0.3) is 0 Å². The van der Waals surface area contributed by atoms with Crippen LogP contribution in [0, 0.1) is 5.92 Å². The minimum Gasteiger partial charge on any atom is -0.481 e. The SMILES string of the molecule is COc1ccnc(N2CCC(C(=O)NCCN3CCCCC3C)CC2)n1. The fourth-order valence-corrected chi connectivity index (χ4v) is 3.90. The van der Waals surface area contributed by atoms with Gasteiger partial charge in [0.15, 0.2) is 0 Å². The van der Waals surface area contributed by atoms with Crippen molar-refractivity contribution in [1.82, 2.24) is 20.2 Å². The second-order valence-corrected chi connectivity index (χ2v) is 7.33. The van der Waals surface area contributed by atoms with Crippen molar-refractivity contribution >= 4 is 11.9 Å². The summed E-state index contributed by atoms with van der Waals surface area (Å²) in [6.45, 7) is 6.77. The van der Waals surface area contributed by atoms with Gasteiger partial charge in [-0.05, 0) is 39.2 Å². The highest BCUT2D eigenvalue weighted by atomic mass is 16.5. The Kier molecular flexibility index (Phi) is 6.66. The van der Waals surface area contributed by atoms with Gasteiger partial charge >= 0.3 is 0 Å². The van der Waals surface area contributed by atoms with Gasteiger partial charge in [0.1, 0.15) is 0 Å². The summed E-state index contributed by atoms with van der Waals surface area (Å²) >= 11 is 0. The summed E-state index contributed by atoms with van der Waals surface area (Å²) in [5, 5.41) is 3.14. The molecule has 1 atom stereocenters. The number of likely N-dealkylation sites (tertiary alicyclic amines) is 1. The topological polar surface area (TPSA) is 70.6 Å². The smallest absolute Gasteiger partial charge is 0.228 e. The average Bonchev–Trinajstić information content (AvgIpc) is 2.69. The van der Waals surface area contributed by atoms with Gasteiger partial charge in [0.2, 0.25) is 17.7 Å². The number of ether oxygens (including phenoxy) is 1. The predicted octanol–water partition coefficient (Wildman–Crippen LogP) is 1.69. The number of methoxy groups -OCH3 is 1. The summed E-state index contributed by atoms with van der Waals surface area (Å²) in [4.78, 5) is 25.8. The van der Waals surface area contributed by atoms with Crippen LogP contribution in [0.15, 0.2) is 12.3 Å². The van der Waals surface area contributed by atoms with Crippen molar-refractivity contribution < 1.29 is 9.53 Å². The fourth-order valence-electron chi connectivity index (χ4n) is 3.90. The van der Waals surface area contributed by atoms with E-state index in [1.807, 2.05) is 0 Å². The number of rotatable bonds is 6. The lowest BCUT2D eigenvalue weighted by Crippen LogP contribution is -2.45. The molecule has 2 saturated heterocycles. The first-order chi connectivity index (χ1) is 12.7. The molecule has 1 amide bonds. The quantitative estimate of drug-likeness (QED) is 0.831. The molecule has 2 aliphatic heterocycles. The second kappa shape index (κ2) is 9.16. The lowest BCUT2D eigenvalue weighted by atomic mass is 9.96. The molecule has 1 unspecified atom stereocenters. The Balaban J connectivity index is 1.40. The fraction of sp³-hybridized carbons (Fsp3) is 0.737. The summed E-state index contributed by atoms with van der Waals surface area (Å²) in [5.74, 6) is 1.54. The third kappa shape index (κ3) is 4.84. The van der Waals surface area contributed by atoms with Gasteiger partial charge in [-0.25, -0.2) is 4.98 Å². The molecule has 3 rings (SSSR count). The lowest BCUT2D eigenvalue weighted by molar-refractivity contribution is -0.125. The number of amides is 1. The van der Waals surface area contributed by atoms with E-state index in [1.54, 1.807) is 19.4 Å². The van der Waals surface area contributed by atoms with E-state index in [2.05, 4.69) is 32.0 Å². The molecule has 1 aromatic rings. The van der Waals surface area contributed by atoms with Gasteiger partial charge in [0.25, 0.3) is 0 Å². The maximum Gasteiger partial charge on any atom is 0.228 e. The molecule has 2 aliphatic rings. The lowest BCUT2D eigenvalue weighted by Gasteiger charge is -2.34. The number of anilines is 1. The molecule has 26 heavy (non-hydrogen) atoms. The highest BCUT2D eigenvalue weighted by Gasteiger charge is 2.26. The van der Waals surface area contributed by atoms with Crippen LogP contribution in [0.4, 0.5) is 5.95 Å². The molecular formula is C19H31N5O2. The molecular weight excluding hydrogens is 330 g/mol. The van der Waals surface area contributed by atoms with Gasteiger partial charge in [-0.15, -0.1) is 0 Å². The molecule has 7 nitrogen and oxygen atoms in total. The molecule has 0 bridgehead atoms. The Morgan fingerprint density at radius 3 is 2.81 bits per heavy atom. The van der Waals surface area contributed by atoms with Gasteiger partial charge < -0.3 is 15.0 Å². The van der Waals surface area contributed by atoms with E-state index in [9.17, 15) is 4.79 Å². The Hall–Kier alpha value is -1.89. The summed E-state index contributed by atoms with van der Waals surface area (Å²) in [7, 11) is 1.60. The van der Waals surface area contributed by atoms with Crippen LogP contribution in [0.5, 0.6) is 5.88 Å². The van der Waals surface area contributed by atoms with E-state index in [4.69, 9.17) is 4.74 Å². The summed E-state index contributed by atoms with van der Waals surface area (Å²) in [6, 6.07) is 2.39. The normalized spacial score (nSPS) is 22.2. The molecule has 7 heteroatoms. The van der Waals surface area contributed by atoms with Crippen molar-refractivity contribution in [2.75, 3.05) is 44.7 Å². The first kappa shape index (κ1) is 18.9. The molecule has 0 spiro atoms. The average molecular weight is 361 g/mol. The van der Waals surface area contributed by atoms with E-state index in [1.165, 1.54) is 19.3 Å². The van der Waals surface area contributed by atoms with Gasteiger partial charge in [0.05, 0.1) is 7.11 Å². The van der Waals surface area contributed by atoms with Gasteiger partial charge in [-0.2, -0.15) is 4.98 Å². The highest BCUT2D eigenvalue weighted by Crippen LogP contribution is 2.22. The molecule has 1 aromatic heterocycles. The zero-order chi connectivity index (χ0) is 18.4. The molecule has 0 aromatic carbocycles. The zero-order valence-corrected chi connectivity index (χ0v) is 16.0. The first-order valence-corrected chi connectivity index (χ1v) is 9.81. The third-order valence-corrected chi connectivity index (χ3v) is 5.61. The Morgan fingerprint density at radius 2 is 2.08 bits per heavy atom. The van der Waals surface area contributed by atoms with E-state index in [0.717, 1.165) is 45.6 Å². The summed E-state index contributed by atoms with van der Waals surface area (Å²) in [6.07, 6.45) is 7.28. The predicted molar refractivity (Wildman–Crippen MR) is 101 cm³/mol. The number of aromatic nitrogens is 2. The van der Waals surface area contributed by atoms with Gasteiger partial charge in [-0.1, -0.05) is 6.42 Å². The molecule has 0 radical (unpaired) electrons. The number of nitrogens with one attached hydrogen (secondary N) is 1. The van der Waals surface area contributed by atoms with E-state index >= 15 is 0 Å². The number of nitrogens with zero attached hydrogens (tertiary/aromatic N) is 4. The van der Waals surface area contributed by atoms with Crippen molar-refractivity contribution in [1.29, 1.82) is 0 Å². The first-order valence-electron chi connectivity index (χ1n) is 9.81. The number of hydrogen-bond donors (Lipinski definition) is 1. The summed E-state index contributed by atoms with van der Waals surface area (Å²) in [5.41, 5.74) is 0. The Morgan fingerprint density at radius 1 is 1.27 bits per heavy atom. The van der Waals surface area contributed by atoms with Crippen molar-refractivity contribution in [2.45, 2.75) is 45.1 Å². The maximum atomic E-state index is 12.5. The standard InChI is InChI=1S/C19H31N5O2/c1-15-5-3-4-11-23(15)14-10-20-18(25)16-7-12-24(13-8-16)19-21-9-6-17(22-19)26-2/h6,9,15-16H,3-5,7-8,10-14H2,1-2H3,(H,20,25). The minimum atomic E-state index is 0.0932. The monoisotopic (exact) mass is 361 g/mol. The van der Waals surface area contributed by atoms with Crippen LogP contribution in [-0.2, 0) is 4.79 Å². The van der Waals surface area contributed by atoms with Crippen LogP contribution in [0.2, 0.25) is 0 Å². The summed E-state index contributed by atoms with van der Waals surface area (Å²) < 4.78 is 5.16. The van der Waals surface area contributed by atoms with Crippen LogP contribution >= 0.6 is 0 Å². The van der Waals surface area contributed by atoms with Crippen molar-refractivity contribution in [3.8, 4) is 5.88 Å². The molecule has 0 aliphatic carbocycles. The molecule has 3 heterocycles. The van der Waals surface area contributed by atoms with Crippen molar-refractivity contribution in [3.05, 3.63) is 12.3 Å². The van der Waals surface area contributed by atoms with Crippen LogP contribution in [0.3, 0.4) is 0 Å². The van der Waals surface area contributed by atoms with Gasteiger partial charge in [-0.3, -0.25) is 9.69 Å². The van der Waals surface area contributed by atoms with Crippen molar-refractivity contribution in [2.24, 2.45) is 5.92 Å². The van der Waals surface area contributed by atoms with Crippen LogP contribution < -0.4 is 15.0 Å². The van der Waals surface area contributed by atoms with E-state index in [-0.39, 0.29) is 11.8 Å². The number of piperidine rings is 2.